The van der Waals surface area contributed by atoms with Gasteiger partial charge in [-0.1, -0.05) is 146 Å². The van der Waals surface area contributed by atoms with Gasteiger partial charge in [0, 0.05) is 5.56 Å². The summed E-state index contributed by atoms with van der Waals surface area (Å²) in [4.78, 5) is 4.87. The lowest BCUT2D eigenvalue weighted by Gasteiger charge is -2.13. The number of benzene rings is 7. The van der Waals surface area contributed by atoms with Gasteiger partial charge in [-0.15, -0.1) is 11.3 Å². The van der Waals surface area contributed by atoms with E-state index in [1.54, 1.807) is 11.3 Å². The molecule has 212 valence electrons. The SMILES string of the molecule is c1ccc(-c2ccc(-c3cc(-c4ccc(-c5ccccc5)cc4)cc(-c4ccc(-c5nc6ccccc6s5)cc4)c3)cc2)cc1. The van der Waals surface area contributed by atoms with Gasteiger partial charge in [0.05, 0.1) is 10.2 Å². The molecule has 8 aromatic rings. The van der Waals surface area contributed by atoms with Crippen molar-refractivity contribution in [3.05, 3.63) is 176 Å². The van der Waals surface area contributed by atoms with Crippen LogP contribution in [0.1, 0.15) is 0 Å². The summed E-state index contributed by atoms with van der Waals surface area (Å²) in [5, 5.41) is 1.05. The summed E-state index contributed by atoms with van der Waals surface area (Å²) >= 11 is 1.74. The molecule has 0 aliphatic carbocycles. The minimum atomic E-state index is 1.05. The van der Waals surface area contributed by atoms with Gasteiger partial charge in [0.15, 0.2) is 0 Å². The van der Waals surface area contributed by atoms with E-state index in [1.165, 1.54) is 60.3 Å². The third-order valence-corrected chi connectivity index (χ3v) is 9.43. The molecule has 0 radical (unpaired) electrons. The Kier molecular flexibility index (Phi) is 7.11. The highest BCUT2D eigenvalue weighted by Gasteiger charge is 2.11. The monoisotopic (exact) mass is 591 g/mol. The van der Waals surface area contributed by atoms with Crippen molar-refractivity contribution in [3.63, 3.8) is 0 Å². The standard InChI is InChI=1S/C43H29NS/c1-3-9-30(10-4-1)32-15-19-34(20-16-32)38-27-39(35-21-17-33(18-22-35)31-11-5-2-6-12-31)29-40(28-38)36-23-25-37(26-24-36)43-44-41-13-7-8-14-42(41)45-43/h1-29H. The van der Waals surface area contributed by atoms with Gasteiger partial charge in [-0.3, -0.25) is 0 Å². The fraction of sp³-hybridized carbons (Fsp3) is 0. The van der Waals surface area contributed by atoms with E-state index in [0.29, 0.717) is 0 Å². The molecule has 0 saturated heterocycles. The van der Waals surface area contributed by atoms with E-state index in [1.807, 2.05) is 6.07 Å². The van der Waals surface area contributed by atoms with E-state index < -0.39 is 0 Å². The van der Waals surface area contributed by atoms with Crippen molar-refractivity contribution < 1.29 is 0 Å². The van der Waals surface area contributed by atoms with Gasteiger partial charge in [-0.2, -0.15) is 0 Å². The van der Waals surface area contributed by atoms with Gasteiger partial charge in [-0.25, -0.2) is 4.98 Å². The second-order valence-corrected chi connectivity index (χ2v) is 12.3. The summed E-state index contributed by atoms with van der Waals surface area (Å²) in [5.74, 6) is 0. The summed E-state index contributed by atoms with van der Waals surface area (Å²) in [5.41, 5.74) is 14.3. The van der Waals surface area contributed by atoms with Crippen LogP contribution >= 0.6 is 11.3 Å². The lowest BCUT2D eigenvalue weighted by atomic mass is 9.92. The summed E-state index contributed by atoms with van der Waals surface area (Å²) in [7, 11) is 0. The first-order chi connectivity index (χ1) is 22.3. The molecule has 0 bridgehead atoms. The maximum Gasteiger partial charge on any atom is 0.124 e. The average molecular weight is 592 g/mol. The summed E-state index contributed by atoms with van der Waals surface area (Å²) < 4.78 is 1.21. The molecule has 0 unspecified atom stereocenters. The highest BCUT2D eigenvalue weighted by Crippen LogP contribution is 2.36. The van der Waals surface area contributed by atoms with E-state index in [0.717, 1.165) is 16.1 Å². The molecule has 1 nitrogen and oxygen atoms in total. The van der Waals surface area contributed by atoms with E-state index in [-0.39, 0.29) is 0 Å². The van der Waals surface area contributed by atoms with Gasteiger partial charge in [-0.05, 0) is 86.0 Å². The van der Waals surface area contributed by atoms with Crippen molar-refractivity contribution in [2.75, 3.05) is 0 Å². The maximum atomic E-state index is 4.87. The Labute approximate surface area is 267 Å². The van der Waals surface area contributed by atoms with Crippen LogP contribution in [0.2, 0.25) is 0 Å². The number of para-hydroxylation sites is 1. The highest BCUT2D eigenvalue weighted by atomic mass is 32.1. The van der Waals surface area contributed by atoms with Crippen molar-refractivity contribution in [2.24, 2.45) is 0 Å². The van der Waals surface area contributed by atoms with Gasteiger partial charge in [0.2, 0.25) is 0 Å². The van der Waals surface area contributed by atoms with Crippen LogP contribution in [0.5, 0.6) is 0 Å². The molecule has 0 aliphatic rings. The molecular weight excluding hydrogens is 563 g/mol. The second kappa shape index (κ2) is 11.8. The smallest absolute Gasteiger partial charge is 0.124 e. The van der Waals surface area contributed by atoms with E-state index >= 15 is 0 Å². The number of hydrogen-bond donors (Lipinski definition) is 0. The average Bonchev–Trinajstić information content (AvgIpc) is 3.57. The third-order valence-electron chi connectivity index (χ3n) is 8.34. The first-order valence-electron chi connectivity index (χ1n) is 15.2. The first-order valence-corrected chi connectivity index (χ1v) is 16.0. The van der Waals surface area contributed by atoms with Crippen LogP contribution in [-0.2, 0) is 0 Å². The zero-order valence-electron chi connectivity index (χ0n) is 24.6. The van der Waals surface area contributed by atoms with E-state index in [4.69, 9.17) is 4.98 Å². The quantitative estimate of drug-likeness (QED) is 0.187. The molecule has 0 aliphatic heterocycles. The molecule has 0 spiro atoms. The number of hydrogen-bond acceptors (Lipinski definition) is 2. The fourth-order valence-electron chi connectivity index (χ4n) is 5.90. The zero-order chi connectivity index (χ0) is 30.0. The molecule has 0 N–H and O–H groups in total. The van der Waals surface area contributed by atoms with Crippen LogP contribution in [0.3, 0.4) is 0 Å². The Morgan fingerprint density at radius 2 is 0.622 bits per heavy atom. The van der Waals surface area contributed by atoms with Crippen LogP contribution < -0.4 is 0 Å². The van der Waals surface area contributed by atoms with Crippen LogP contribution in [0.15, 0.2) is 176 Å². The number of rotatable bonds is 6. The van der Waals surface area contributed by atoms with Gasteiger partial charge in [0.25, 0.3) is 0 Å². The third kappa shape index (κ3) is 5.60. The Bertz CT molecular complexity index is 2080. The molecule has 1 heterocycles. The molecule has 0 saturated carbocycles. The van der Waals surface area contributed by atoms with Crippen LogP contribution in [0, 0.1) is 0 Å². The number of nitrogens with zero attached hydrogens (tertiary/aromatic N) is 1. The lowest BCUT2D eigenvalue weighted by Crippen LogP contribution is -1.87. The number of fused-ring (bicyclic) bond motifs is 1. The predicted molar refractivity (Wildman–Crippen MR) is 192 cm³/mol. The van der Waals surface area contributed by atoms with Gasteiger partial charge < -0.3 is 0 Å². The Morgan fingerprint density at radius 3 is 1.04 bits per heavy atom. The molecule has 45 heavy (non-hydrogen) atoms. The molecule has 1 aromatic heterocycles. The minimum absolute atomic E-state index is 1.05. The minimum Gasteiger partial charge on any atom is -0.236 e. The molecule has 8 rings (SSSR count). The van der Waals surface area contributed by atoms with Crippen molar-refractivity contribution in [1.29, 1.82) is 0 Å². The van der Waals surface area contributed by atoms with Crippen molar-refractivity contribution >= 4 is 21.6 Å². The molecular formula is C43H29NS. The Morgan fingerprint density at radius 1 is 0.289 bits per heavy atom. The van der Waals surface area contributed by atoms with Crippen molar-refractivity contribution in [2.45, 2.75) is 0 Å². The van der Waals surface area contributed by atoms with E-state index in [2.05, 4.69) is 170 Å². The Balaban J connectivity index is 1.18. The largest absolute Gasteiger partial charge is 0.236 e. The van der Waals surface area contributed by atoms with Crippen LogP contribution in [-0.4, -0.2) is 4.98 Å². The van der Waals surface area contributed by atoms with Crippen molar-refractivity contribution in [1.82, 2.24) is 4.98 Å². The highest BCUT2D eigenvalue weighted by molar-refractivity contribution is 7.21. The topological polar surface area (TPSA) is 12.9 Å². The summed E-state index contributed by atoms with van der Waals surface area (Å²) in [6.07, 6.45) is 0. The van der Waals surface area contributed by atoms with Crippen LogP contribution in [0.4, 0.5) is 0 Å². The van der Waals surface area contributed by atoms with Crippen molar-refractivity contribution in [3.8, 4) is 66.2 Å². The van der Waals surface area contributed by atoms with Gasteiger partial charge >= 0.3 is 0 Å². The molecule has 7 aromatic carbocycles. The molecule has 0 amide bonds. The molecule has 2 heteroatoms. The van der Waals surface area contributed by atoms with Crippen LogP contribution in [0.25, 0.3) is 76.4 Å². The Hall–Kier alpha value is -5.57. The fourth-order valence-corrected chi connectivity index (χ4v) is 6.87. The first kappa shape index (κ1) is 27.0. The zero-order valence-corrected chi connectivity index (χ0v) is 25.4. The number of aromatic nitrogens is 1. The summed E-state index contributed by atoms with van der Waals surface area (Å²) in [6, 6.07) is 63.0. The summed E-state index contributed by atoms with van der Waals surface area (Å²) in [6.45, 7) is 0. The number of thiazole rings is 1. The van der Waals surface area contributed by atoms with Gasteiger partial charge in [0.1, 0.15) is 5.01 Å². The maximum absolute atomic E-state index is 4.87. The predicted octanol–water partition coefficient (Wildman–Crippen LogP) is 12.3. The molecule has 0 atom stereocenters. The van der Waals surface area contributed by atoms with E-state index in [9.17, 15) is 0 Å². The lowest BCUT2D eigenvalue weighted by molar-refractivity contribution is 1.47. The second-order valence-electron chi connectivity index (χ2n) is 11.2. The normalized spacial score (nSPS) is 11.1. The molecule has 0 fully saturated rings.